The van der Waals surface area contributed by atoms with Gasteiger partial charge in [0.25, 0.3) is 0 Å². The van der Waals surface area contributed by atoms with E-state index < -0.39 is 4.92 Å². The van der Waals surface area contributed by atoms with Crippen molar-refractivity contribution in [2.45, 2.75) is 58.4 Å². The standard InChI is InChI=1S/C19H25N5O2/c1-13-9-10-16(11-14(13)2)23-19-17(24(25)26)18(20-12-21-19)22-15-7-5-3-4-6-8-15/h9-12,15H,3-8H2,1-2H3,(H2,20,21,22,23). The maximum Gasteiger partial charge on any atom is 0.353 e. The zero-order valence-electron chi connectivity index (χ0n) is 15.3. The van der Waals surface area contributed by atoms with Crippen molar-refractivity contribution < 1.29 is 4.92 Å². The van der Waals surface area contributed by atoms with E-state index in [-0.39, 0.29) is 17.5 Å². The van der Waals surface area contributed by atoms with Gasteiger partial charge in [-0.2, -0.15) is 0 Å². The summed E-state index contributed by atoms with van der Waals surface area (Å²) in [4.78, 5) is 19.6. The van der Waals surface area contributed by atoms with Gasteiger partial charge in [-0.1, -0.05) is 31.7 Å². The summed E-state index contributed by atoms with van der Waals surface area (Å²) in [6.45, 7) is 4.04. The lowest BCUT2D eigenvalue weighted by Crippen LogP contribution is -2.20. The highest BCUT2D eigenvalue weighted by Gasteiger charge is 2.25. The molecule has 7 heteroatoms. The average Bonchev–Trinajstić information content (AvgIpc) is 2.87. The summed E-state index contributed by atoms with van der Waals surface area (Å²) in [6, 6.07) is 6.06. The minimum absolute atomic E-state index is 0.102. The van der Waals surface area contributed by atoms with Crippen LogP contribution in [0.3, 0.4) is 0 Å². The zero-order chi connectivity index (χ0) is 18.5. The van der Waals surface area contributed by atoms with Crippen LogP contribution in [-0.2, 0) is 0 Å². The zero-order valence-corrected chi connectivity index (χ0v) is 15.3. The summed E-state index contributed by atoms with van der Waals surface area (Å²) in [6.07, 6.45) is 8.14. The highest BCUT2D eigenvalue weighted by atomic mass is 16.6. The maximum absolute atomic E-state index is 11.7. The van der Waals surface area contributed by atoms with Gasteiger partial charge in [0.15, 0.2) is 0 Å². The number of benzene rings is 1. The third-order valence-electron chi connectivity index (χ3n) is 4.97. The number of hydrogen-bond acceptors (Lipinski definition) is 6. The molecule has 0 unspecified atom stereocenters. The van der Waals surface area contributed by atoms with Crippen LogP contribution in [-0.4, -0.2) is 20.9 Å². The molecule has 1 aliphatic rings. The van der Waals surface area contributed by atoms with Crippen LogP contribution >= 0.6 is 0 Å². The van der Waals surface area contributed by atoms with E-state index in [2.05, 4.69) is 20.6 Å². The summed E-state index contributed by atoms with van der Waals surface area (Å²) >= 11 is 0. The molecule has 1 saturated carbocycles. The number of nitro groups is 1. The Kier molecular flexibility index (Phi) is 5.65. The van der Waals surface area contributed by atoms with Crippen LogP contribution in [0.4, 0.5) is 23.0 Å². The van der Waals surface area contributed by atoms with Crippen LogP contribution in [0.15, 0.2) is 24.5 Å². The average molecular weight is 355 g/mol. The largest absolute Gasteiger partial charge is 0.361 e. The van der Waals surface area contributed by atoms with E-state index in [0.29, 0.717) is 5.82 Å². The minimum Gasteiger partial charge on any atom is -0.361 e. The van der Waals surface area contributed by atoms with Crippen LogP contribution in [0.5, 0.6) is 0 Å². The molecule has 0 saturated heterocycles. The van der Waals surface area contributed by atoms with Gasteiger partial charge >= 0.3 is 5.69 Å². The van der Waals surface area contributed by atoms with Crippen molar-refractivity contribution in [2.75, 3.05) is 10.6 Å². The summed E-state index contributed by atoms with van der Waals surface area (Å²) in [5.41, 5.74) is 2.96. The Balaban J connectivity index is 1.87. The van der Waals surface area contributed by atoms with E-state index in [1.807, 2.05) is 32.0 Å². The van der Waals surface area contributed by atoms with E-state index in [9.17, 15) is 10.1 Å². The molecule has 0 amide bonds. The maximum atomic E-state index is 11.7. The second-order valence-electron chi connectivity index (χ2n) is 6.93. The number of nitrogens with zero attached hydrogens (tertiary/aromatic N) is 3. The molecule has 7 nitrogen and oxygen atoms in total. The first kappa shape index (κ1) is 18.1. The predicted octanol–water partition coefficient (Wildman–Crippen LogP) is 4.88. The predicted molar refractivity (Wildman–Crippen MR) is 103 cm³/mol. The van der Waals surface area contributed by atoms with Gasteiger partial charge in [-0.15, -0.1) is 0 Å². The monoisotopic (exact) mass is 355 g/mol. The fraction of sp³-hybridized carbons (Fsp3) is 0.474. The van der Waals surface area contributed by atoms with E-state index in [0.717, 1.165) is 36.9 Å². The normalized spacial score (nSPS) is 15.3. The smallest absolute Gasteiger partial charge is 0.353 e. The first-order valence-corrected chi connectivity index (χ1v) is 9.15. The number of hydrogen-bond donors (Lipinski definition) is 2. The van der Waals surface area contributed by atoms with Gasteiger partial charge in [-0.3, -0.25) is 10.1 Å². The van der Waals surface area contributed by atoms with Gasteiger partial charge in [0.05, 0.1) is 4.92 Å². The highest BCUT2D eigenvalue weighted by Crippen LogP contribution is 2.33. The van der Waals surface area contributed by atoms with Crippen LogP contribution in [0.2, 0.25) is 0 Å². The SMILES string of the molecule is Cc1ccc(Nc2ncnc(NC3CCCCCC3)c2[N+](=O)[O-])cc1C. The fourth-order valence-corrected chi connectivity index (χ4v) is 3.32. The van der Waals surface area contributed by atoms with Gasteiger partial charge in [0, 0.05) is 11.7 Å². The third-order valence-corrected chi connectivity index (χ3v) is 4.97. The Labute approximate surface area is 153 Å². The van der Waals surface area contributed by atoms with Crippen molar-refractivity contribution in [3.63, 3.8) is 0 Å². The molecule has 3 rings (SSSR count). The lowest BCUT2D eigenvalue weighted by Gasteiger charge is -2.17. The molecule has 26 heavy (non-hydrogen) atoms. The first-order valence-electron chi connectivity index (χ1n) is 9.15. The van der Waals surface area contributed by atoms with E-state index in [1.54, 1.807) is 0 Å². The van der Waals surface area contributed by atoms with Gasteiger partial charge in [0.2, 0.25) is 11.6 Å². The van der Waals surface area contributed by atoms with Gasteiger partial charge < -0.3 is 10.6 Å². The quantitative estimate of drug-likeness (QED) is 0.451. The third kappa shape index (κ3) is 4.28. The van der Waals surface area contributed by atoms with Crippen LogP contribution < -0.4 is 10.6 Å². The Hall–Kier alpha value is -2.70. The molecule has 0 spiro atoms. The Morgan fingerprint density at radius 3 is 2.38 bits per heavy atom. The molecule has 1 aliphatic carbocycles. The van der Waals surface area contributed by atoms with E-state index in [1.165, 1.54) is 24.7 Å². The molecule has 138 valence electrons. The molecule has 0 atom stereocenters. The minimum atomic E-state index is -0.414. The van der Waals surface area contributed by atoms with Gasteiger partial charge in [-0.05, 0) is 49.9 Å². The molecule has 2 N–H and O–H groups in total. The second-order valence-corrected chi connectivity index (χ2v) is 6.93. The van der Waals surface area contributed by atoms with E-state index >= 15 is 0 Å². The molecule has 1 aromatic heterocycles. The van der Waals surface area contributed by atoms with Crippen molar-refractivity contribution in [2.24, 2.45) is 0 Å². The van der Waals surface area contributed by atoms with Crippen molar-refractivity contribution >= 4 is 23.0 Å². The lowest BCUT2D eigenvalue weighted by molar-refractivity contribution is -0.383. The number of anilines is 3. The highest BCUT2D eigenvalue weighted by molar-refractivity contribution is 5.74. The number of nitrogens with one attached hydrogen (secondary N) is 2. The lowest BCUT2D eigenvalue weighted by atomic mass is 10.1. The summed E-state index contributed by atoms with van der Waals surface area (Å²) in [5.74, 6) is 0.507. The summed E-state index contributed by atoms with van der Waals surface area (Å²) in [5, 5.41) is 18.1. The molecule has 0 aliphatic heterocycles. The topological polar surface area (TPSA) is 93.0 Å². The molecular weight excluding hydrogens is 330 g/mol. The number of aromatic nitrogens is 2. The van der Waals surface area contributed by atoms with Crippen LogP contribution in [0, 0.1) is 24.0 Å². The summed E-state index contributed by atoms with van der Waals surface area (Å²) in [7, 11) is 0. The molecule has 1 aromatic carbocycles. The van der Waals surface area contributed by atoms with Crippen molar-refractivity contribution in [1.82, 2.24) is 9.97 Å². The summed E-state index contributed by atoms with van der Waals surface area (Å²) < 4.78 is 0. The Bertz CT molecular complexity index is 785. The number of rotatable bonds is 5. The Morgan fingerprint density at radius 1 is 1.04 bits per heavy atom. The van der Waals surface area contributed by atoms with E-state index in [4.69, 9.17) is 0 Å². The fourth-order valence-electron chi connectivity index (χ4n) is 3.32. The molecule has 0 bridgehead atoms. The molecular formula is C19H25N5O2. The Morgan fingerprint density at radius 2 is 1.73 bits per heavy atom. The van der Waals surface area contributed by atoms with Gasteiger partial charge in [-0.25, -0.2) is 9.97 Å². The molecule has 2 aromatic rings. The number of aryl methyl sites for hydroxylation is 2. The second kappa shape index (κ2) is 8.12. The molecule has 1 heterocycles. The molecule has 0 radical (unpaired) electrons. The van der Waals surface area contributed by atoms with Crippen molar-refractivity contribution in [1.29, 1.82) is 0 Å². The van der Waals surface area contributed by atoms with Crippen molar-refractivity contribution in [3.05, 3.63) is 45.8 Å². The first-order chi connectivity index (χ1) is 12.5. The molecule has 1 fully saturated rings. The van der Waals surface area contributed by atoms with Gasteiger partial charge in [0.1, 0.15) is 6.33 Å². The van der Waals surface area contributed by atoms with Crippen LogP contribution in [0.1, 0.15) is 49.7 Å². The van der Waals surface area contributed by atoms with Crippen molar-refractivity contribution in [3.8, 4) is 0 Å². The van der Waals surface area contributed by atoms with Crippen LogP contribution in [0.25, 0.3) is 0 Å².